The topological polar surface area (TPSA) is 94.0 Å². The summed E-state index contributed by atoms with van der Waals surface area (Å²) in [4.78, 5) is 16.7. The van der Waals surface area contributed by atoms with Gasteiger partial charge in [-0.2, -0.15) is 0 Å². The van der Waals surface area contributed by atoms with Gasteiger partial charge in [0, 0.05) is 22.4 Å². The lowest BCUT2D eigenvalue weighted by molar-refractivity contribution is 0.102. The van der Waals surface area contributed by atoms with Crippen molar-refractivity contribution >= 4 is 34.7 Å². The standard InChI is InChI=1S/C22H18ClFN4O/c1-3-4-13-8-17(22(29)28-15-10-19(23)21(26)27-11-15)12(2)7-18(13)16-6-5-14(24)9-20(16)25/h5-11H,25H2,1-2H3,(H2,26,27)(H,28,29). The van der Waals surface area contributed by atoms with Gasteiger partial charge >= 0.3 is 0 Å². The number of aryl methyl sites for hydroxylation is 1. The zero-order chi connectivity index (χ0) is 21.1. The first-order valence-electron chi connectivity index (χ1n) is 8.65. The summed E-state index contributed by atoms with van der Waals surface area (Å²) in [5.41, 5.74) is 15.4. The van der Waals surface area contributed by atoms with Crippen LogP contribution in [0.2, 0.25) is 5.02 Å². The van der Waals surface area contributed by atoms with E-state index in [1.54, 1.807) is 26.0 Å². The lowest BCUT2D eigenvalue weighted by Crippen LogP contribution is -2.14. The Hall–Kier alpha value is -3.56. The van der Waals surface area contributed by atoms with Crippen LogP contribution in [0.4, 0.5) is 21.6 Å². The van der Waals surface area contributed by atoms with Crippen molar-refractivity contribution in [1.29, 1.82) is 0 Å². The van der Waals surface area contributed by atoms with Crippen LogP contribution in [0.25, 0.3) is 11.1 Å². The molecule has 7 heteroatoms. The third kappa shape index (κ3) is 4.31. The van der Waals surface area contributed by atoms with Crippen LogP contribution in [0.5, 0.6) is 0 Å². The fourth-order valence-electron chi connectivity index (χ4n) is 2.91. The van der Waals surface area contributed by atoms with E-state index in [0.29, 0.717) is 33.6 Å². The molecule has 0 spiro atoms. The van der Waals surface area contributed by atoms with E-state index in [1.165, 1.54) is 24.4 Å². The number of hydrogen-bond donors (Lipinski definition) is 3. The summed E-state index contributed by atoms with van der Waals surface area (Å²) in [6.45, 7) is 3.49. The van der Waals surface area contributed by atoms with E-state index in [0.717, 1.165) is 5.56 Å². The third-order valence-electron chi connectivity index (χ3n) is 4.30. The summed E-state index contributed by atoms with van der Waals surface area (Å²) in [6, 6.07) is 9.21. The summed E-state index contributed by atoms with van der Waals surface area (Å²) in [5, 5.41) is 3.00. The van der Waals surface area contributed by atoms with E-state index in [9.17, 15) is 9.18 Å². The molecule has 5 nitrogen and oxygen atoms in total. The molecule has 0 aliphatic heterocycles. The molecule has 29 heavy (non-hydrogen) atoms. The minimum absolute atomic E-state index is 0.183. The van der Waals surface area contributed by atoms with Crippen molar-refractivity contribution in [2.45, 2.75) is 13.8 Å². The van der Waals surface area contributed by atoms with Crippen LogP contribution in [0.1, 0.15) is 28.4 Å². The van der Waals surface area contributed by atoms with Gasteiger partial charge in [0.25, 0.3) is 5.91 Å². The molecule has 3 rings (SSSR count). The van der Waals surface area contributed by atoms with Crippen molar-refractivity contribution in [3.63, 3.8) is 0 Å². The predicted octanol–water partition coefficient (Wildman–Crippen LogP) is 4.64. The van der Waals surface area contributed by atoms with Gasteiger partial charge < -0.3 is 16.8 Å². The predicted molar refractivity (Wildman–Crippen MR) is 115 cm³/mol. The fourth-order valence-corrected chi connectivity index (χ4v) is 3.07. The Balaban J connectivity index is 2.04. The summed E-state index contributed by atoms with van der Waals surface area (Å²) in [7, 11) is 0. The Bertz CT molecular complexity index is 1180. The van der Waals surface area contributed by atoms with E-state index >= 15 is 0 Å². The minimum atomic E-state index is -0.419. The Kier molecular flexibility index (Phi) is 5.71. The maximum Gasteiger partial charge on any atom is 0.256 e. The smallest absolute Gasteiger partial charge is 0.256 e. The van der Waals surface area contributed by atoms with Crippen LogP contribution < -0.4 is 16.8 Å². The summed E-state index contributed by atoms with van der Waals surface area (Å²) in [5.74, 6) is 5.25. The Morgan fingerprint density at radius 3 is 2.59 bits per heavy atom. The molecule has 0 saturated carbocycles. The fraction of sp³-hybridized carbons (Fsp3) is 0.0909. The van der Waals surface area contributed by atoms with Gasteiger partial charge in [-0.1, -0.05) is 17.5 Å². The zero-order valence-electron chi connectivity index (χ0n) is 15.8. The number of carbonyl (C=O) groups excluding carboxylic acids is 1. The van der Waals surface area contributed by atoms with Crippen molar-refractivity contribution in [2.24, 2.45) is 0 Å². The first-order valence-corrected chi connectivity index (χ1v) is 9.03. The molecular weight excluding hydrogens is 391 g/mol. The Morgan fingerprint density at radius 2 is 1.93 bits per heavy atom. The molecule has 1 aromatic heterocycles. The number of carbonyl (C=O) groups is 1. The second-order valence-corrected chi connectivity index (χ2v) is 6.77. The number of anilines is 3. The van der Waals surface area contributed by atoms with Crippen molar-refractivity contribution in [3.05, 3.63) is 70.1 Å². The van der Waals surface area contributed by atoms with Crippen LogP contribution in [-0.2, 0) is 0 Å². The number of pyridine rings is 1. The molecule has 0 unspecified atom stereocenters. The van der Waals surface area contributed by atoms with Gasteiger partial charge in [0.05, 0.1) is 16.9 Å². The molecule has 1 heterocycles. The SMILES string of the molecule is CC#Cc1cc(C(=O)Nc2cnc(N)c(Cl)c2)c(C)cc1-c1ccc(F)cc1N. The van der Waals surface area contributed by atoms with Crippen molar-refractivity contribution < 1.29 is 9.18 Å². The molecule has 0 saturated heterocycles. The Labute approximate surface area is 172 Å². The van der Waals surface area contributed by atoms with Crippen molar-refractivity contribution in [3.8, 4) is 23.0 Å². The monoisotopic (exact) mass is 408 g/mol. The lowest BCUT2D eigenvalue weighted by atomic mass is 9.93. The van der Waals surface area contributed by atoms with E-state index < -0.39 is 5.82 Å². The lowest BCUT2D eigenvalue weighted by Gasteiger charge is -2.14. The van der Waals surface area contributed by atoms with Crippen LogP contribution in [-0.4, -0.2) is 10.9 Å². The maximum atomic E-state index is 13.4. The molecule has 0 fully saturated rings. The number of halogens is 2. The van der Waals surface area contributed by atoms with Crippen LogP contribution in [0.15, 0.2) is 42.6 Å². The van der Waals surface area contributed by atoms with Crippen LogP contribution in [0.3, 0.4) is 0 Å². The van der Waals surface area contributed by atoms with Crippen LogP contribution >= 0.6 is 11.6 Å². The number of amides is 1. The first kappa shape index (κ1) is 20.2. The van der Waals surface area contributed by atoms with Gasteiger partial charge in [0.2, 0.25) is 0 Å². The molecule has 5 N–H and O–H groups in total. The highest BCUT2D eigenvalue weighted by molar-refractivity contribution is 6.33. The number of nitrogens with two attached hydrogens (primary N) is 2. The highest BCUT2D eigenvalue weighted by atomic mass is 35.5. The number of nitrogen functional groups attached to an aromatic ring is 2. The van der Waals surface area contributed by atoms with E-state index in [4.69, 9.17) is 23.1 Å². The minimum Gasteiger partial charge on any atom is -0.398 e. The molecule has 0 aliphatic carbocycles. The molecule has 2 aromatic carbocycles. The molecular formula is C22H18ClFN4O. The number of rotatable bonds is 3. The second-order valence-electron chi connectivity index (χ2n) is 6.36. The quantitative estimate of drug-likeness (QED) is 0.434. The van der Waals surface area contributed by atoms with E-state index in [1.807, 2.05) is 6.07 Å². The number of hydrogen-bond acceptors (Lipinski definition) is 4. The van der Waals surface area contributed by atoms with Crippen molar-refractivity contribution in [2.75, 3.05) is 16.8 Å². The van der Waals surface area contributed by atoms with Crippen molar-refractivity contribution in [1.82, 2.24) is 4.98 Å². The average Bonchev–Trinajstić information content (AvgIpc) is 2.66. The average molecular weight is 409 g/mol. The molecule has 0 radical (unpaired) electrons. The number of aromatic nitrogens is 1. The summed E-state index contributed by atoms with van der Waals surface area (Å²) < 4.78 is 13.4. The number of nitrogens with zero attached hydrogens (tertiary/aromatic N) is 1. The van der Waals surface area contributed by atoms with Crippen LogP contribution in [0, 0.1) is 24.6 Å². The number of benzene rings is 2. The molecule has 0 aliphatic rings. The first-order chi connectivity index (χ1) is 13.8. The van der Waals surface area contributed by atoms with Gasteiger partial charge in [0.15, 0.2) is 0 Å². The second kappa shape index (κ2) is 8.21. The van der Waals surface area contributed by atoms with Gasteiger partial charge in [-0.15, -0.1) is 5.92 Å². The zero-order valence-corrected chi connectivity index (χ0v) is 16.6. The largest absolute Gasteiger partial charge is 0.398 e. The highest BCUT2D eigenvalue weighted by Crippen LogP contribution is 2.32. The molecule has 146 valence electrons. The van der Waals surface area contributed by atoms with Gasteiger partial charge in [0.1, 0.15) is 11.6 Å². The van der Waals surface area contributed by atoms with Gasteiger partial charge in [-0.3, -0.25) is 4.79 Å². The number of nitrogens with one attached hydrogen (secondary N) is 1. The molecule has 1 amide bonds. The van der Waals surface area contributed by atoms with Gasteiger partial charge in [-0.25, -0.2) is 9.37 Å². The summed E-state index contributed by atoms with van der Waals surface area (Å²) in [6.07, 6.45) is 1.43. The Morgan fingerprint density at radius 1 is 1.17 bits per heavy atom. The molecule has 0 bridgehead atoms. The molecule has 3 aromatic rings. The van der Waals surface area contributed by atoms with E-state index in [-0.39, 0.29) is 16.7 Å². The normalized spacial score (nSPS) is 10.2. The third-order valence-corrected chi connectivity index (χ3v) is 4.60. The van der Waals surface area contributed by atoms with Gasteiger partial charge in [-0.05, 0) is 61.4 Å². The molecule has 0 atom stereocenters. The maximum absolute atomic E-state index is 13.4. The summed E-state index contributed by atoms with van der Waals surface area (Å²) >= 11 is 5.96. The van der Waals surface area contributed by atoms with E-state index in [2.05, 4.69) is 22.1 Å². The highest BCUT2D eigenvalue weighted by Gasteiger charge is 2.16.